The number of hydrogen-bond acceptors (Lipinski definition) is 2. The SMILES string of the molecule is CN1CCC(O)(c2ccccc2)C1(C)C. The molecule has 1 fully saturated rings. The van der Waals surface area contributed by atoms with E-state index in [0.717, 1.165) is 18.5 Å². The number of aliphatic hydroxyl groups is 1. The summed E-state index contributed by atoms with van der Waals surface area (Å²) >= 11 is 0. The van der Waals surface area contributed by atoms with Gasteiger partial charge >= 0.3 is 0 Å². The van der Waals surface area contributed by atoms with E-state index in [-0.39, 0.29) is 5.54 Å². The highest BCUT2D eigenvalue weighted by atomic mass is 16.3. The summed E-state index contributed by atoms with van der Waals surface area (Å²) in [6.45, 7) is 5.15. The van der Waals surface area contributed by atoms with Crippen molar-refractivity contribution < 1.29 is 5.11 Å². The lowest BCUT2D eigenvalue weighted by Crippen LogP contribution is -2.50. The molecule has 1 aromatic carbocycles. The first-order valence-corrected chi connectivity index (χ1v) is 5.47. The zero-order valence-corrected chi connectivity index (χ0v) is 9.70. The second-order valence-electron chi connectivity index (χ2n) is 4.96. The molecule has 2 nitrogen and oxygen atoms in total. The summed E-state index contributed by atoms with van der Waals surface area (Å²) in [4.78, 5) is 2.22. The molecule has 2 heteroatoms. The first-order valence-electron chi connectivity index (χ1n) is 5.47. The normalized spacial score (nSPS) is 30.7. The second kappa shape index (κ2) is 3.32. The molecule has 0 radical (unpaired) electrons. The molecule has 0 amide bonds. The minimum absolute atomic E-state index is 0.200. The summed E-state index contributed by atoms with van der Waals surface area (Å²) in [6.07, 6.45) is 0.806. The van der Waals surface area contributed by atoms with Crippen molar-refractivity contribution in [2.75, 3.05) is 13.6 Å². The van der Waals surface area contributed by atoms with Gasteiger partial charge in [0.25, 0.3) is 0 Å². The van der Waals surface area contributed by atoms with Gasteiger partial charge in [0.15, 0.2) is 0 Å². The smallest absolute Gasteiger partial charge is 0.109 e. The molecule has 0 aromatic heterocycles. The van der Waals surface area contributed by atoms with Gasteiger partial charge in [-0.25, -0.2) is 0 Å². The van der Waals surface area contributed by atoms with E-state index in [2.05, 4.69) is 25.8 Å². The van der Waals surface area contributed by atoms with Gasteiger partial charge in [-0.1, -0.05) is 30.3 Å². The van der Waals surface area contributed by atoms with Crippen LogP contribution >= 0.6 is 0 Å². The largest absolute Gasteiger partial charge is 0.383 e. The van der Waals surface area contributed by atoms with Gasteiger partial charge in [-0.15, -0.1) is 0 Å². The Balaban J connectivity index is 2.44. The van der Waals surface area contributed by atoms with Crippen LogP contribution in [0.3, 0.4) is 0 Å². The first-order chi connectivity index (χ1) is 6.98. The molecule has 0 spiro atoms. The van der Waals surface area contributed by atoms with Gasteiger partial charge in [-0.3, -0.25) is 4.90 Å². The van der Waals surface area contributed by atoms with E-state index in [4.69, 9.17) is 0 Å². The van der Waals surface area contributed by atoms with E-state index in [1.165, 1.54) is 0 Å². The molecule has 0 saturated carbocycles. The summed E-state index contributed by atoms with van der Waals surface area (Å²) in [5.41, 5.74) is 0.108. The molecule has 2 rings (SSSR count). The highest BCUT2D eigenvalue weighted by molar-refractivity contribution is 5.28. The number of benzene rings is 1. The molecule has 1 aliphatic heterocycles. The van der Waals surface area contributed by atoms with Crippen LogP contribution in [0.25, 0.3) is 0 Å². The number of rotatable bonds is 1. The van der Waals surface area contributed by atoms with Crippen molar-refractivity contribution in [2.24, 2.45) is 0 Å². The van der Waals surface area contributed by atoms with Gasteiger partial charge in [0.2, 0.25) is 0 Å². The molecule has 82 valence electrons. The van der Waals surface area contributed by atoms with Crippen molar-refractivity contribution in [1.82, 2.24) is 4.90 Å². The van der Waals surface area contributed by atoms with E-state index in [9.17, 15) is 5.11 Å². The number of likely N-dealkylation sites (N-methyl/N-ethyl adjacent to an activating group) is 1. The highest BCUT2D eigenvalue weighted by Gasteiger charge is 2.51. The van der Waals surface area contributed by atoms with Gasteiger partial charge < -0.3 is 5.11 Å². The Hall–Kier alpha value is -0.860. The second-order valence-corrected chi connectivity index (χ2v) is 4.96. The number of hydrogen-bond donors (Lipinski definition) is 1. The zero-order chi connectivity index (χ0) is 11.1. The maximum Gasteiger partial charge on any atom is 0.109 e. The molecule has 1 N–H and O–H groups in total. The Bertz CT molecular complexity index is 347. The van der Waals surface area contributed by atoms with Crippen LogP contribution in [0.4, 0.5) is 0 Å². The molecule has 0 aliphatic carbocycles. The molecule has 1 aromatic rings. The van der Waals surface area contributed by atoms with E-state index < -0.39 is 5.60 Å². The van der Waals surface area contributed by atoms with Crippen LogP contribution in [-0.2, 0) is 5.60 Å². The summed E-state index contributed by atoms with van der Waals surface area (Å²) in [5, 5.41) is 10.8. The van der Waals surface area contributed by atoms with E-state index >= 15 is 0 Å². The summed E-state index contributed by atoms with van der Waals surface area (Å²) in [5.74, 6) is 0. The summed E-state index contributed by atoms with van der Waals surface area (Å²) < 4.78 is 0. The van der Waals surface area contributed by atoms with E-state index in [1.807, 2.05) is 30.3 Å². The Labute approximate surface area is 91.5 Å². The van der Waals surface area contributed by atoms with Crippen LogP contribution in [0.2, 0.25) is 0 Å². The predicted octanol–water partition coefficient (Wildman–Crippen LogP) is 1.99. The average Bonchev–Trinajstić information content (AvgIpc) is 2.45. The standard InChI is InChI=1S/C13H19NO/c1-12(2)13(15,9-10-14(12)3)11-7-5-4-6-8-11/h4-8,15H,9-10H2,1-3H3. The van der Waals surface area contributed by atoms with Crippen molar-refractivity contribution in [3.05, 3.63) is 35.9 Å². The zero-order valence-electron chi connectivity index (χ0n) is 9.70. The monoisotopic (exact) mass is 205 g/mol. The van der Waals surface area contributed by atoms with Crippen LogP contribution in [0.1, 0.15) is 25.8 Å². The topological polar surface area (TPSA) is 23.5 Å². The van der Waals surface area contributed by atoms with E-state index in [0.29, 0.717) is 0 Å². The van der Waals surface area contributed by atoms with Crippen molar-refractivity contribution in [3.63, 3.8) is 0 Å². The lowest BCUT2D eigenvalue weighted by atomic mass is 9.78. The quantitative estimate of drug-likeness (QED) is 0.758. The third kappa shape index (κ3) is 1.40. The molecular weight excluding hydrogens is 186 g/mol. The average molecular weight is 205 g/mol. The Morgan fingerprint density at radius 3 is 2.27 bits per heavy atom. The maximum absolute atomic E-state index is 10.8. The molecule has 1 atom stereocenters. The fraction of sp³-hybridized carbons (Fsp3) is 0.538. The van der Waals surface area contributed by atoms with Gasteiger partial charge in [0.1, 0.15) is 5.60 Å². The molecular formula is C13H19NO. The van der Waals surface area contributed by atoms with Gasteiger partial charge in [-0.05, 0) is 32.9 Å². The first kappa shape index (κ1) is 10.7. The highest BCUT2D eigenvalue weighted by Crippen LogP contribution is 2.44. The molecule has 1 unspecified atom stereocenters. The maximum atomic E-state index is 10.8. The third-order valence-electron chi connectivity index (χ3n) is 4.03. The predicted molar refractivity (Wildman–Crippen MR) is 61.7 cm³/mol. The molecule has 15 heavy (non-hydrogen) atoms. The fourth-order valence-corrected chi connectivity index (χ4v) is 2.44. The minimum Gasteiger partial charge on any atom is -0.383 e. The van der Waals surface area contributed by atoms with Crippen molar-refractivity contribution in [2.45, 2.75) is 31.4 Å². The van der Waals surface area contributed by atoms with Crippen LogP contribution in [0, 0.1) is 0 Å². The minimum atomic E-state index is -0.719. The van der Waals surface area contributed by atoms with Crippen LogP contribution < -0.4 is 0 Å². The van der Waals surface area contributed by atoms with Crippen molar-refractivity contribution in [3.8, 4) is 0 Å². The van der Waals surface area contributed by atoms with Crippen molar-refractivity contribution in [1.29, 1.82) is 0 Å². The molecule has 1 saturated heterocycles. The number of likely N-dealkylation sites (tertiary alicyclic amines) is 1. The summed E-state index contributed by atoms with van der Waals surface area (Å²) in [7, 11) is 2.07. The molecule has 1 aliphatic rings. The van der Waals surface area contributed by atoms with Gasteiger partial charge in [-0.2, -0.15) is 0 Å². The van der Waals surface area contributed by atoms with E-state index in [1.54, 1.807) is 0 Å². The van der Waals surface area contributed by atoms with Crippen LogP contribution in [0.5, 0.6) is 0 Å². The van der Waals surface area contributed by atoms with Crippen molar-refractivity contribution >= 4 is 0 Å². The lowest BCUT2D eigenvalue weighted by molar-refractivity contribution is -0.0431. The summed E-state index contributed by atoms with van der Waals surface area (Å²) in [6, 6.07) is 9.99. The molecule has 1 heterocycles. The Morgan fingerprint density at radius 2 is 1.80 bits per heavy atom. The lowest BCUT2D eigenvalue weighted by Gasteiger charge is -2.40. The Kier molecular flexibility index (Phi) is 2.36. The van der Waals surface area contributed by atoms with Gasteiger partial charge in [0.05, 0.1) is 0 Å². The third-order valence-corrected chi connectivity index (χ3v) is 4.03. The fourth-order valence-electron chi connectivity index (χ4n) is 2.44. The van der Waals surface area contributed by atoms with Crippen LogP contribution in [0.15, 0.2) is 30.3 Å². The Morgan fingerprint density at radius 1 is 1.20 bits per heavy atom. The van der Waals surface area contributed by atoms with Crippen LogP contribution in [-0.4, -0.2) is 29.1 Å². The van der Waals surface area contributed by atoms with Gasteiger partial charge in [0, 0.05) is 12.1 Å². The molecule has 0 bridgehead atoms. The number of nitrogens with zero attached hydrogens (tertiary/aromatic N) is 1.